The molecule has 0 aromatic heterocycles. The molecule has 0 radical (unpaired) electrons. The number of rotatable bonds is 7. The van der Waals surface area contributed by atoms with Gasteiger partial charge in [-0.1, -0.05) is 6.58 Å². The standard InChI is InChI=1S/C9H17NO5/c1-5(6(2)12)10-3-7(13)9(15)8(14)4-11/h5,8-12,14-15H,2-4H2,1H3. The smallest absolute Gasteiger partial charge is 0.177 e. The highest BCUT2D eigenvalue weighted by atomic mass is 16.4. The lowest BCUT2D eigenvalue weighted by molar-refractivity contribution is -0.133. The van der Waals surface area contributed by atoms with E-state index >= 15 is 0 Å². The second-order valence-corrected chi connectivity index (χ2v) is 3.25. The Morgan fingerprint density at radius 1 is 1.47 bits per heavy atom. The summed E-state index contributed by atoms with van der Waals surface area (Å²) in [7, 11) is 0. The van der Waals surface area contributed by atoms with Crippen molar-refractivity contribution in [2.24, 2.45) is 0 Å². The van der Waals surface area contributed by atoms with Crippen LogP contribution >= 0.6 is 0 Å². The van der Waals surface area contributed by atoms with Gasteiger partial charge >= 0.3 is 0 Å². The van der Waals surface area contributed by atoms with Crippen molar-refractivity contribution in [1.29, 1.82) is 0 Å². The van der Waals surface area contributed by atoms with E-state index in [1.165, 1.54) is 0 Å². The van der Waals surface area contributed by atoms with Crippen molar-refractivity contribution in [2.75, 3.05) is 13.2 Å². The lowest BCUT2D eigenvalue weighted by atomic mass is 10.1. The average Bonchev–Trinajstić information content (AvgIpc) is 2.22. The molecule has 3 atom stereocenters. The fraction of sp³-hybridized carbons (Fsp3) is 0.667. The van der Waals surface area contributed by atoms with Crippen LogP contribution in [-0.2, 0) is 4.79 Å². The van der Waals surface area contributed by atoms with Crippen molar-refractivity contribution in [3.63, 3.8) is 0 Å². The van der Waals surface area contributed by atoms with E-state index < -0.39 is 30.6 Å². The van der Waals surface area contributed by atoms with Gasteiger partial charge in [-0.15, -0.1) is 0 Å². The van der Waals surface area contributed by atoms with Crippen LogP contribution in [-0.4, -0.2) is 57.6 Å². The summed E-state index contributed by atoms with van der Waals surface area (Å²) in [4.78, 5) is 11.2. The minimum absolute atomic E-state index is 0.125. The number of carbonyl (C=O) groups is 1. The molecule has 6 heteroatoms. The van der Waals surface area contributed by atoms with Crippen LogP contribution < -0.4 is 5.32 Å². The zero-order chi connectivity index (χ0) is 12.0. The maximum absolute atomic E-state index is 11.2. The molecule has 0 aliphatic rings. The molecule has 0 bridgehead atoms. The molecular formula is C9H17NO5. The summed E-state index contributed by atoms with van der Waals surface area (Å²) in [6, 6.07) is -0.479. The summed E-state index contributed by atoms with van der Waals surface area (Å²) in [5, 5.41) is 38.1. The second-order valence-electron chi connectivity index (χ2n) is 3.25. The van der Waals surface area contributed by atoms with Crippen molar-refractivity contribution in [2.45, 2.75) is 25.2 Å². The zero-order valence-corrected chi connectivity index (χ0v) is 8.55. The van der Waals surface area contributed by atoms with E-state index in [4.69, 9.17) is 20.4 Å². The number of nitrogens with one attached hydrogen (secondary N) is 1. The summed E-state index contributed by atoms with van der Waals surface area (Å²) >= 11 is 0. The van der Waals surface area contributed by atoms with Gasteiger partial charge in [0.1, 0.15) is 18.0 Å². The van der Waals surface area contributed by atoms with Crippen LogP contribution in [0.25, 0.3) is 0 Å². The quantitative estimate of drug-likeness (QED) is 0.327. The predicted octanol–water partition coefficient (Wildman–Crippen LogP) is -1.68. The number of carbonyl (C=O) groups excluding carboxylic acids is 1. The number of hydrogen-bond donors (Lipinski definition) is 5. The molecule has 0 aliphatic heterocycles. The van der Waals surface area contributed by atoms with Gasteiger partial charge in [-0.2, -0.15) is 0 Å². The fourth-order valence-corrected chi connectivity index (χ4v) is 0.790. The Bertz CT molecular complexity index is 231. The Balaban J connectivity index is 3.98. The van der Waals surface area contributed by atoms with Gasteiger partial charge in [0.25, 0.3) is 0 Å². The average molecular weight is 219 g/mol. The van der Waals surface area contributed by atoms with Gasteiger partial charge < -0.3 is 25.7 Å². The van der Waals surface area contributed by atoms with Gasteiger partial charge in [-0.3, -0.25) is 4.79 Å². The number of hydrogen-bond acceptors (Lipinski definition) is 6. The molecule has 0 aliphatic carbocycles. The summed E-state index contributed by atoms with van der Waals surface area (Å²) in [6.07, 6.45) is -3.10. The summed E-state index contributed by atoms with van der Waals surface area (Å²) < 4.78 is 0. The normalized spacial score (nSPS) is 16.8. The van der Waals surface area contributed by atoms with E-state index in [0.717, 1.165) is 0 Å². The maximum atomic E-state index is 11.2. The van der Waals surface area contributed by atoms with Crippen molar-refractivity contribution < 1.29 is 25.2 Å². The first-order chi connectivity index (χ1) is 6.90. The minimum atomic E-state index is -1.62. The molecule has 0 saturated heterocycles. The summed E-state index contributed by atoms with van der Waals surface area (Å²) in [5.74, 6) is -0.787. The predicted molar refractivity (Wildman–Crippen MR) is 53.3 cm³/mol. The van der Waals surface area contributed by atoms with Gasteiger partial charge in [-0.05, 0) is 6.92 Å². The van der Waals surface area contributed by atoms with Crippen LogP contribution in [0.15, 0.2) is 12.3 Å². The molecule has 5 N–H and O–H groups in total. The first-order valence-electron chi connectivity index (χ1n) is 4.51. The molecule has 0 amide bonds. The third kappa shape index (κ3) is 4.89. The molecule has 0 heterocycles. The van der Waals surface area contributed by atoms with Gasteiger partial charge in [0.05, 0.1) is 19.2 Å². The molecular weight excluding hydrogens is 202 g/mol. The fourth-order valence-electron chi connectivity index (χ4n) is 0.790. The SMILES string of the molecule is C=C(O)C(C)NCC(=O)C(O)C(O)CO. The molecule has 6 nitrogen and oxygen atoms in total. The Kier molecular flexibility index (Phi) is 6.11. The van der Waals surface area contributed by atoms with E-state index in [-0.39, 0.29) is 12.3 Å². The maximum Gasteiger partial charge on any atom is 0.177 e. The van der Waals surface area contributed by atoms with E-state index in [1.54, 1.807) is 6.92 Å². The Morgan fingerprint density at radius 2 is 2.00 bits per heavy atom. The van der Waals surface area contributed by atoms with Crippen molar-refractivity contribution in [1.82, 2.24) is 5.32 Å². The van der Waals surface area contributed by atoms with Gasteiger partial charge in [0.15, 0.2) is 5.78 Å². The van der Waals surface area contributed by atoms with Crippen LogP contribution in [0.2, 0.25) is 0 Å². The molecule has 15 heavy (non-hydrogen) atoms. The number of Topliss-reactive ketones (excluding diaryl/α,β-unsaturated/α-hetero) is 1. The molecule has 0 rings (SSSR count). The first kappa shape index (κ1) is 14.1. The lowest BCUT2D eigenvalue weighted by Crippen LogP contribution is -2.43. The molecule has 0 spiro atoms. The molecule has 0 aromatic carbocycles. The van der Waals surface area contributed by atoms with Crippen molar-refractivity contribution in [3.8, 4) is 0 Å². The van der Waals surface area contributed by atoms with Crippen LogP contribution in [0.4, 0.5) is 0 Å². The highest BCUT2D eigenvalue weighted by Crippen LogP contribution is 1.96. The zero-order valence-electron chi connectivity index (χ0n) is 8.55. The Labute approximate surface area is 87.9 Å². The number of aliphatic hydroxyl groups excluding tert-OH is 4. The van der Waals surface area contributed by atoms with E-state index in [0.29, 0.717) is 0 Å². The summed E-state index contributed by atoms with van der Waals surface area (Å²) in [6.45, 7) is 3.94. The Hall–Kier alpha value is -0.950. The first-order valence-corrected chi connectivity index (χ1v) is 4.51. The van der Waals surface area contributed by atoms with E-state index in [9.17, 15) is 4.79 Å². The molecule has 0 fully saturated rings. The Morgan fingerprint density at radius 3 is 2.40 bits per heavy atom. The number of ketones is 1. The number of aliphatic hydroxyl groups is 4. The topological polar surface area (TPSA) is 110 Å². The second kappa shape index (κ2) is 6.52. The monoisotopic (exact) mass is 219 g/mol. The molecule has 0 saturated carbocycles. The van der Waals surface area contributed by atoms with Crippen molar-refractivity contribution in [3.05, 3.63) is 12.3 Å². The lowest BCUT2D eigenvalue weighted by Gasteiger charge is -2.16. The molecule has 0 aromatic rings. The van der Waals surface area contributed by atoms with Gasteiger partial charge in [0, 0.05) is 0 Å². The third-order valence-corrected chi connectivity index (χ3v) is 1.96. The highest BCUT2D eigenvalue weighted by Gasteiger charge is 2.23. The molecule has 3 unspecified atom stereocenters. The van der Waals surface area contributed by atoms with Crippen LogP contribution in [0.1, 0.15) is 6.92 Å². The third-order valence-electron chi connectivity index (χ3n) is 1.96. The van der Waals surface area contributed by atoms with Crippen LogP contribution in [0, 0.1) is 0 Å². The van der Waals surface area contributed by atoms with Crippen molar-refractivity contribution >= 4 is 5.78 Å². The minimum Gasteiger partial charge on any atom is -0.511 e. The van der Waals surface area contributed by atoms with Crippen LogP contribution in [0.3, 0.4) is 0 Å². The highest BCUT2D eigenvalue weighted by molar-refractivity contribution is 5.85. The van der Waals surface area contributed by atoms with Gasteiger partial charge in [0.2, 0.25) is 0 Å². The largest absolute Gasteiger partial charge is 0.511 e. The summed E-state index contributed by atoms with van der Waals surface area (Å²) in [5.41, 5.74) is 0. The van der Waals surface area contributed by atoms with E-state index in [1.807, 2.05) is 0 Å². The van der Waals surface area contributed by atoms with Gasteiger partial charge in [-0.25, -0.2) is 0 Å². The van der Waals surface area contributed by atoms with E-state index in [2.05, 4.69) is 11.9 Å². The molecule has 88 valence electrons. The van der Waals surface area contributed by atoms with Crippen LogP contribution in [0.5, 0.6) is 0 Å².